The van der Waals surface area contributed by atoms with Crippen molar-refractivity contribution in [2.24, 2.45) is 5.41 Å². The second-order valence-electron chi connectivity index (χ2n) is 5.36. The average molecular weight is 218 g/mol. The van der Waals surface area contributed by atoms with Crippen molar-refractivity contribution in [3.8, 4) is 0 Å². The smallest absolute Gasteiger partial charge is 0.226 e. The van der Waals surface area contributed by atoms with E-state index in [0.717, 1.165) is 11.4 Å². The van der Waals surface area contributed by atoms with Crippen LogP contribution in [0.15, 0.2) is 24.3 Å². The predicted molar refractivity (Wildman–Crippen MR) is 66.6 cm³/mol. The quantitative estimate of drug-likeness (QED) is 0.703. The fraction of sp³-hybridized carbons (Fsp3) is 0.462. The first-order valence-electron chi connectivity index (χ1n) is 5.62. The van der Waals surface area contributed by atoms with Crippen LogP contribution in [0.2, 0.25) is 0 Å². The lowest BCUT2D eigenvalue weighted by Crippen LogP contribution is -2.35. The number of rotatable bonds is 0. The third-order valence-electron chi connectivity index (χ3n) is 2.97. The van der Waals surface area contributed by atoms with Gasteiger partial charge in [-0.1, -0.05) is 32.9 Å². The molecule has 1 aromatic rings. The molecule has 3 heteroatoms. The van der Waals surface area contributed by atoms with Crippen LogP contribution in [0.3, 0.4) is 0 Å². The lowest BCUT2D eigenvalue weighted by Gasteiger charge is -2.30. The molecule has 0 bridgehead atoms. The van der Waals surface area contributed by atoms with Crippen LogP contribution in [0.1, 0.15) is 27.2 Å². The zero-order valence-electron chi connectivity index (χ0n) is 10.0. The lowest BCUT2D eigenvalue weighted by molar-refractivity contribution is -0.116. The number of fused-ring (bicyclic) bond motifs is 1. The second kappa shape index (κ2) is 3.81. The molecule has 1 aromatic carbocycles. The lowest BCUT2D eigenvalue weighted by atomic mass is 9.84. The van der Waals surface area contributed by atoms with Crippen LogP contribution < -0.4 is 10.6 Å². The zero-order valence-corrected chi connectivity index (χ0v) is 10.0. The monoisotopic (exact) mass is 218 g/mol. The Balaban J connectivity index is 2.34. The Morgan fingerprint density at radius 1 is 1.19 bits per heavy atom. The Kier molecular flexibility index (Phi) is 2.62. The van der Waals surface area contributed by atoms with E-state index in [1.54, 1.807) is 0 Å². The highest BCUT2D eigenvalue weighted by Crippen LogP contribution is 2.32. The maximum atomic E-state index is 11.8. The summed E-state index contributed by atoms with van der Waals surface area (Å²) in [5, 5.41) is 6.37. The normalized spacial score (nSPS) is 20.4. The Bertz CT molecular complexity index is 407. The fourth-order valence-corrected chi connectivity index (χ4v) is 1.87. The molecule has 0 saturated heterocycles. The Hall–Kier alpha value is -1.51. The number of hydrogen-bond donors (Lipinski definition) is 2. The summed E-state index contributed by atoms with van der Waals surface area (Å²) in [6, 6.07) is 7.99. The molecule has 16 heavy (non-hydrogen) atoms. The maximum Gasteiger partial charge on any atom is 0.226 e. The first-order chi connectivity index (χ1) is 7.47. The number of amides is 1. The number of para-hydroxylation sites is 2. The first kappa shape index (κ1) is 11.0. The van der Waals surface area contributed by atoms with Crippen molar-refractivity contribution in [1.82, 2.24) is 0 Å². The highest BCUT2D eigenvalue weighted by molar-refractivity contribution is 5.96. The van der Waals surface area contributed by atoms with Gasteiger partial charge >= 0.3 is 0 Å². The molecule has 3 nitrogen and oxygen atoms in total. The highest BCUT2D eigenvalue weighted by atomic mass is 16.1. The third kappa shape index (κ3) is 2.18. The van der Waals surface area contributed by atoms with Crippen molar-refractivity contribution in [3.05, 3.63) is 24.3 Å². The minimum atomic E-state index is 0.0643. The molecular formula is C13H18N2O. The van der Waals surface area contributed by atoms with Crippen molar-refractivity contribution in [2.45, 2.75) is 33.2 Å². The van der Waals surface area contributed by atoms with Crippen LogP contribution in [-0.4, -0.2) is 11.9 Å². The Morgan fingerprint density at radius 2 is 1.81 bits per heavy atom. The van der Waals surface area contributed by atoms with Crippen LogP contribution in [0, 0.1) is 5.41 Å². The standard InChI is InChI=1S/C13H18N2O/c1-13(2,3)11-8-12(16)15-10-7-5-4-6-9(10)14-11/h4-7,11,14H,8H2,1-3H3,(H,15,16). The van der Waals surface area contributed by atoms with Crippen molar-refractivity contribution in [1.29, 1.82) is 0 Å². The summed E-state index contributed by atoms with van der Waals surface area (Å²) >= 11 is 0. The molecule has 0 aliphatic carbocycles. The van der Waals surface area contributed by atoms with Crippen molar-refractivity contribution < 1.29 is 4.79 Å². The van der Waals surface area contributed by atoms with E-state index in [4.69, 9.17) is 0 Å². The van der Waals surface area contributed by atoms with Crippen LogP contribution in [0.5, 0.6) is 0 Å². The summed E-state index contributed by atoms with van der Waals surface area (Å²) in [4.78, 5) is 11.8. The molecule has 1 aliphatic rings. The van der Waals surface area contributed by atoms with Crippen molar-refractivity contribution in [2.75, 3.05) is 10.6 Å². The molecule has 0 saturated carbocycles. The highest BCUT2D eigenvalue weighted by Gasteiger charge is 2.29. The van der Waals surface area contributed by atoms with E-state index in [9.17, 15) is 4.79 Å². The SMILES string of the molecule is CC(C)(C)C1CC(=O)Nc2ccccc2N1. The van der Waals surface area contributed by atoms with Gasteiger partial charge in [0, 0.05) is 12.5 Å². The number of nitrogens with one attached hydrogen (secondary N) is 2. The molecule has 0 aromatic heterocycles. The summed E-state index contributed by atoms with van der Waals surface area (Å²) in [5.41, 5.74) is 1.95. The predicted octanol–water partition coefficient (Wildman–Crippen LogP) is 2.86. The van der Waals surface area contributed by atoms with Crippen LogP contribution >= 0.6 is 0 Å². The molecule has 2 rings (SSSR count). The average Bonchev–Trinajstić information content (AvgIpc) is 2.34. The number of anilines is 2. The van der Waals surface area contributed by atoms with Gasteiger partial charge < -0.3 is 10.6 Å². The molecule has 86 valence electrons. The molecule has 1 heterocycles. The number of benzene rings is 1. The van der Waals surface area contributed by atoms with Gasteiger partial charge in [-0.15, -0.1) is 0 Å². The van der Waals surface area contributed by atoms with Gasteiger partial charge in [-0.3, -0.25) is 4.79 Å². The number of hydrogen-bond acceptors (Lipinski definition) is 2. The maximum absolute atomic E-state index is 11.8. The van der Waals surface area contributed by atoms with Gasteiger partial charge in [-0.25, -0.2) is 0 Å². The summed E-state index contributed by atoms with van der Waals surface area (Å²) in [6.07, 6.45) is 0.512. The molecule has 0 spiro atoms. The number of carbonyl (C=O) groups is 1. The molecule has 0 fully saturated rings. The van der Waals surface area contributed by atoms with E-state index in [1.807, 2.05) is 24.3 Å². The molecule has 1 amide bonds. The molecule has 2 N–H and O–H groups in total. The summed E-state index contributed by atoms with van der Waals surface area (Å²) in [5.74, 6) is 0.0809. The second-order valence-corrected chi connectivity index (χ2v) is 5.36. The van der Waals surface area contributed by atoms with Crippen LogP contribution in [-0.2, 0) is 4.79 Å². The largest absolute Gasteiger partial charge is 0.380 e. The minimum absolute atomic E-state index is 0.0643. The van der Waals surface area contributed by atoms with Gasteiger partial charge in [0.15, 0.2) is 0 Å². The molecule has 1 aliphatic heterocycles. The summed E-state index contributed by atoms with van der Waals surface area (Å²) in [6.45, 7) is 6.43. The van der Waals surface area contributed by atoms with E-state index in [2.05, 4.69) is 31.4 Å². The number of carbonyl (C=O) groups excluding carboxylic acids is 1. The summed E-state index contributed by atoms with van der Waals surface area (Å²) < 4.78 is 0. The molecular weight excluding hydrogens is 200 g/mol. The van der Waals surface area contributed by atoms with E-state index >= 15 is 0 Å². The molecule has 1 unspecified atom stereocenters. The van der Waals surface area contributed by atoms with E-state index in [0.29, 0.717) is 6.42 Å². The van der Waals surface area contributed by atoms with Crippen LogP contribution in [0.25, 0.3) is 0 Å². The minimum Gasteiger partial charge on any atom is -0.380 e. The van der Waals surface area contributed by atoms with E-state index in [-0.39, 0.29) is 17.4 Å². The Morgan fingerprint density at radius 3 is 2.44 bits per heavy atom. The third-order valence-corrected chi connectivity index (χ3v) is 2.97. The fourth-order valence-electron chi connectivity index (χ4n) is 1.87. The molecule has 1 atom stereocenters. The topological polar surface area (TPSA) is 41.1 Å². The Labute approximate surface area is 96.2 Å². The van der Waals surface area contributed by atoms with Gasteiger partial charge in [0.2, 0.25) is 5.91 Å². The zero-order chi connectivity index (χ0) is 11.8. The van der Waals surface area contributed by atoms with E-state index in [1.165, 1.54) is 0 Å². The van der Waals surface area contributed by atoms with Gasteiger partial charge in [-0.2, -0.15) is 0 Å². The molecule has 0 radical (unpaired) electrons. The van der Waals surface area contributed by atoms with Gasteiger partial charge in [0.1, 0.15) is 0 Å². The van der Waals surface area contributed by atoms with Crippen LogP contribution in [0.4, 0.5) is 11.4 Å². The summed E-state index contributed by atoms with van der Waals surface area (Å²) in [7, 11) is 0. The van der Waals surface area contributed by atoms with Crippen molar-refractivity contribution in [3.63, 3.8) is 0 Å². The van der Waals surface area contributed by atoms with Crippen molar-refractivity contribution >= 4 is 17.3 Å². The van der Waals surface area contributed by atoms with Gasteiger partial charge in [0.25, 0.3) is 0 Å². The first-order valence-corrected chi connectivity index (χ1v) is 5.62. The van der Waals surface area contributed by atoms with Gasteiger partial charge in [0.05, 0.1) is 11.4 Å². The van der Waals surface area contributed by atoms with Gasteiger partial charge in [-0.05, 0) is 17.5 Å². The van der Waals surface area contributed by atoms with E-state index < -0.39 is 0 Å².